The fourth-order valence-electron chi connectivity index (χ4n) is 1.29. The van der Waals surface area contributed by atoms with Crippen LogP contribution in [0.25, 0.3) is 0 Å². The molecule has 0 aromatic rings. The molecule has 0 saturated heterocycles. The Balaban J connectivity index is -0.000000350. The Morgan fingerprint density at radius 3 is 1.19 bits per heavy atom. The van der Waals surface area contributed by atoms with Crippen molar-refractivity contribution < 1.29 is 39.6 Å². The average Bonchev–Trinajstić information content (AvgIpc) is 2.57. The van der Waals surface area contributed by atoms with Gasteiger partial charge in [-0.3, -0.25) is 32.5 Å². The van der Waals surface area contributed by atoms with Gasteiger partial charge in [0.05, 0.1) is 0 Å². The lowest BCUT2D eigenvalue weighted by Gasteiger charge is -2.03. The molecule has 0 bridgehead atoms. The van der Waals surface area contributed by atoms with Gasteiger partial charge in [0.2, 0.25) is 12.8 Å². The first-order chi connectivity index (χ1) is 12.7. The Labute approximate surface area is 156 Å². The molecule has 0 aliphatic carbocycles. The molecule has 27 heavy (non-hydrogen) atoms. The number of nitrogens with two attached hydrogens (primary N) is 4. The van der Waals surface area contributed by atoms with Crippen molar-refractivity contribution in [1.29, 1.82) is 0 Å². The molecule has 0 spiro atoms. The molecule has 12 N–H and O–H groups in total. The molecule has 0 unspecified atom stereocenters. The van der Waals surface area contributed by atoms with Crippen LogP contribution in [0, 0.1) is 0 Å². The molecule has 14 nitrogen and oxygen atoms in total. The largest absolute Gasteiger partial charge is 0.550 e. The molecule has 0 heterocycles. The van der Waals surface area contributed by atoms with Crippen LogP contribution in [-0.4, -0.2) is 36.7 Å². The van der Waals surface area contributed by atoms with E-state index in [1.165, 1.54) is 0 Å². The fraction of sp³-hybridized carbons (Fsp3) is 0.538. The van der Waals surface area contributed by atoms with Gasteiger partial charge in [-0.1, -0.05) is 19.3 Å². The van der Waals surface area contributed by atoms with Gasteiger partial charge in [0, 0.05) is 11.9 Å². The maximum absolute atomic E-state index is 9.98. The molecule has 156 valence electrons. The molecule has 0 saturated carbocycles. The lowest BCUT2D eigenvalue weighted by molar-refractivity contribution is -0.510. The Morgan fingerprint density at radius 1 is 0.704 bits per heavy atom. The van der Waals surface area contributed by atoms with Gasteiger partial charge in [0.15, 0.2) is 0 Å². The Hall–Kier alpha value is -3.58. The van der Waals surface area contributed by atoms with Crippen LogP contribution in [0.15, 0.2) is 0 Å². The van der Waals surface area contributed by atoms with Crippen molar-refractivity contribution in [3.8, 4) is 0 Å². The minimum atomic E-state index is -1.02. The van der Waals surface area contributed by atoms with E-state index >= 15 is 0 Å². The number of carbonyl (C=O) groups is 4. The number of aliphatic carboxylic acids is 2. The predicted molar refractivity (Wildman–Crippen MR) is 89.4 cm³/mol. The molecule has 0 aliphatic heterocycles. The SMILES string of the molecule is NC(N)=[NH+]NC=O.NC(N)=[NH+]NC=O.O=C([O-])CCCCCCCC(=O)[O-]. The van der Waals surface area contributed by atoms with Gasteiger partial charge in [-0.25, -0.2) is 10.9 Å². The second-order valence-electron chi connectivity index (χ2n) is 4.70. The third-order valence-corrected chi connectivity index (χ3v) is 2.31. The van der Waals surface area contributed by atoms with Crippen LogP contribution in [0.5, 0.6) is 0 Å². The standard InChI is InChI=1S/C9H16O4.2C2H6N4O/c10-8(11)6-4-2-1-3-5-7-9(12)13;2*3-2(4)6-5-1-7/h1-7H2,(H,10,11)(H,12,13);2*1H,(H,5,7)(H4,3,4,6). The number of unbranched alkanes of at least 4 members (excludes halogenated alkanes) is 4. The molecule has 14 heteroatoms. The summed E-state index contributed by atoms with van der Waals surface area (Å²) in [5.74, 6) is -2.11. The van der Waals surface area contributed by atoms with Crippen molar-refractivity contribution in [2.24, 2.45) is 22.9 Å². The number of guanidine groups is 2. The highest BCUT2D eigenvalue weighted by Gasteiger charge is 1.92. The third-order valence-electron chi connectivity index (χ3n) is 2.31. The molecule has 0 aromatic heterocycles. The normalized spacial score (nSPS) is 8.30. The summed E-state index contributed by atoms with van der Waals surface area (Å²) in [6.45, 7) is 0. The van der Waals surface area contributed by atoms with Crippen molar-refractivity contribution in [1.82, 2.24) is 10.9 Å². The zero-order valence-electron chi connectivity index (χ0n) is 14.9. The molecule has 0 rings (SSSR count). The van der Waals surface area contributed by atoms with Gasteiger partial charge in [-0.05, 0) is 25.7 Å². The first-order valence-electron chi connectivity index (χ1n) is 7.73. The number of hydrogen-bond donors (Lipinski definition) is 8. The topological polar surface area (TPSA) is 270 Å². The zero-order chi connectivity index (χ0) is 21.5. The van der Waals surface area contributed by atoms with Crippen LogP contribution in [0.1, 0.15) is 44.9 Å². The van der Waals surface area contributed by atoms with Crippen LogP contribution in [-0.2, 0) is 19.2 Å². The number of hydrazone groups is 2. The van der Waals surface area contributed by atoms with E-state index in [0.717, 1.165) is 19.3 Å². The summed E-state index contributed by atoms with van der Waals surface area (Å²) in [6.07, 6.45) is 4.81. The van der Waals surface area contributed by atoms with Gasteiger partial charge in [-0.2, -0.15) is 10.2 Å². The molecule has 0 atom stereocenters. The number of hydrazine groups is 2. The van der Waals surface area contributed by atoms with E-state index in [1.807, 2.05) is 10.9 Å². The number of carboxylic acid groups (broad SMARTS) is 2. The highest BCUT2D eigenvalue weighted by atomic mass is 16.4. The van der Waals surface area contributed by atoms with Crippen molar-refractivity contribution in [3.05, 3.63) is 0 Å². The number of amides is 2. The maximum atomic E-state index is 9.98. The van der Waals surface area contributed by atoms with E-state index in [4.69, 9.17) is 22.9 Å². The van der Waals surface area contributed by atoms with E-state index in [1.54, 1.807) is 0 Å². The van der Waals surface area contributed by atoms with E-state index in [2.05, 4.69) is 10.2 Å². The molecule has 0 radical (unpaired) electrons. The summed E-state index contributed by atoms with van der Waals surface area (Å²) in [5, 5.41) is 24.3. The van der Waals surface area contributed by atoms with E-state index in [-0.39, 0.29) is 24.8 Å². The number of rotatable bonds is 12. The van der Waals surface area contributed by atoms with E-state index in [0.29, 0.717) is 25.7 Å². The summed E-state index contributed by atoms with van der Waals surface area (Å²) in [5.41, 5.74) is 23.4. The highest BCUT2D eigenvalue weighted by molar-refractivity contribution is 5.69. The lowest BCUT2D eigenvalue weighted by atomic mass is 10.1. The number of nitrogens with one attached hydrogen (secondary N) is 4. The van der Waals surface area contributed by atoms with Crippen molar-refractivity contribution in [2.75, 3.05) is 0 Å². The average molecular weight is 392 g/mol. The third kappa shape index (κ3) is 45.0. The Bertz CT molecular complexity index is 433. The lowest BCUT2D eigenvalue weighted by Crippen LogP contribution is -2.86. The Kier molecular flexibility index (Phi) is 23.4. The smallest absolute Gasteiger partial charge is 0.360 e. The van der Waals surface area contributed by atoms with Gasteiger partial charge in [0.1, 0.15) is 0 Å². The van der Waals surface area contributed by atoms with Crippen molar-refractivity contribution in [2.45, 2.75) is 44.9 Å². The van der Waals surface area contributed by atoms with Crippen molar-refractivity contribution in [3.63, 3.8) is 0 Å². The number of hydrogen-bond acceptors (Lipinski definition) is 6. The minimum Gasteiger partial charge on any atom is -0.550 e. The van der Waals surface area contributed by atoms with Crippen molar-refractivity contribution >= 4 is 36.7 Å². The summed E-state index contributed by atoms with van der Waals surface area (Å²) in [7, 11) is 0. The minimum absolute atomic E-state index is 0.0351. The zero-order valence-corrected chi connectivity index (χ0v) is 14.9. The fourth-order valence-corrected chi connectivity index (χ4v) is 1.29. The van der Waals surface area contributed by atoms with Crippen LogP contribution >= 0.6 is 0 Å². The van der Waals surface area contributed by atoms with Gasteiger partial charge >= 0.3 is 11.9 Å². The quantitative estimate of drug-likeness (QED) is 0.0510. The molecule has 0 aromatic carbocycles. The molecule has 0 aliphatic rings. The first kappa shape index (κ1) is 28.2. The van der Waals surface area contributed by atoms with E-state index in [9.17, 15) is 29.4 Å². The highest BCUT2D eigenvalue weighted by Crippen LogP contribution is 2.06. The maximum Gasteiger partial charge on any atom is 0.360 e. The summed E-state index contributed by atoms with van der Waals surface area (Å²) in [6, 6.07) is 0. The number of carboxylic acids is 2. The van der Waals surface area contributed by atoms with Crippen LogP contribution in [0.3, 0.4) is 0 Å². The number of carbonyl (C=O) groups excluding carboxylic acids is 4. The molecule has 2 amide bonds. The molecular formula is C13H28N8O6. The summed E-state index contributed by atoms with van der Waals surface area (Å²) < 4.78 is 0. The van der Waals surface area contributed by atoms with Gasteiger partial charge < -0.3 is 19.8 Å². The van der Waals surface area contributed by atoms with Gasteiger partial charge in [-0.15, -0.1) is 0 Å². The first-order valence-corrected chi connectivity index (χ1v) is 7.73. The monoisotopic (exact) mass is 392 g/mol. The second-order valence-corrected chi connectivity index (χ2v) is 4.70. The summed E-state index contributed by atoms with van der Waals surface area (Å²) >= 11 is 0. The van der Waals surface area contributed by atoms with Crippen LogP contribution < -0.4 is 54.2 Å². The van der Waals surface area contributed by atoms with Gasteiger partial charge in [0.25, 0.3) is 0 Å². The van der Waals surface area contributed by atoms with E-state index < -0.39 is 11.9 Å². The molecule has 0 fully saturated rings. The Morgan fingerprint density at radius 2 is 1.00 bits per heavy atom. The van der Waals surface area contributed by atoms with Crippen LogP contribution in [0.2, 0.25) is 0 Å². The second kappa shape index (κ2) is 22.4. The predicted octanol–water partition coefficient (Wildman–Crippen LogP) is -8.78. The molecular weight excluding hydrogens is 364 g/mol. The van der Waals surface area contributed by atoms with Crippen LogP contribution in [0.4, 0.5) is 0 Å². The summed E-state index contributed by atoms with van der Waals surface area (Å²) in [4.78, 5) is 38.8.